The van der Waals surface area contributed by atoms with Gasteiger partial charge in [0, 0.05) is 13.5 Å². The van der Waals surface area contributed by atoms with Crippen LogP contribution >= 0.6 is 0 Å². The molecular weight excluding hydrogens is 216 g/mol. The number of carboxylic acid groups (broad SMARTS) is 1. The van der Waals surface area contributed by atoms with E-state index in [4.69, 9.17) is 9.84 Å². The molecule has 90 valence electrons. The minimum Gasteiger partial charge on any atom is -0.481 e. The summed E-state index contributed by atoms with van der Waals surface area (Å²) >= 11 is 0. The minimum absolute atomic E-state index is 0.130. The van der Waals surface area contributed by atoms with Gasteiger partial charge in [0.25, 0.3) is 0 Å². The second kappa shape index (κ2) is 4.72. The Kier molecular flexibility index (Phi) is 3.29. The number of ether oxygens (including phenoxy) is 1. The van der Waals surface area contributed by atoms with E-state index in [1.807, 2.05) is 30.4 Å². The van der Waals surface area contributed by atoms with E-state index < -0.39 is 11.9 Å². The van der Waals surface area contributed by atoms with Gasteiger partial charge in [-0.2, -0.15) is 0 Å². The molecule has 0 aliphatic heterocycles. The van der Waals surface area contributed by atoms with Crippen molar-refractivity contribution in [3.63, 3.8) is 0 Å². The summed E-state index contributed by atoms with van der Waals surface area (Å²) in [7, 11) is 1.70. The zero-order valence-corrected chi connectivity index (χ0v) is 10.0. The minimum atomic E-state index is -0.792. The molecule has 1 aliphatic carbocycles. The standard InChI is InChI=1S/C14H16O3/c1-9(14(15)16)10-3-4-12-8-13(17-2)6-5-11(12)7-10/h3-7,9,13H,8H2,1-2H3,(H,15,16). The van der Waals surface area contributed by atoms with Crippen molar-refractivity contribution in [2.75, 3.05) is 7.11 Å². The number of rotatable bonds is 3. The van der Waals surface area contributed by atoms with Gasteiger partial charge in [-0.1, -0.05) is 30.4 Å². The van der Waals surface area contributed by atoms with Crippen LogP contribution in [0.25, 0.3) is 6.08 Å². The normalized spacial score (nSPS) is 19.8. The highest BCUT2D eigenvalue weighted by Gasteiger charge is 2.17. The number of hydrogen-bond acceptors (Lipinski definition) is 2. The molecule has 0 aromatic heterocycles. The van der Waals surface area contributed by atoms with Gasteiger partial charge in [-0.3, -0.25) is 4.79 Å². The third-order valence-corrected chi connectivity index (χ3v) is 3.25. The first-order valence-corrected chi connectivity index (χ1v) is 5.68. The monoisotopic (exact) mass is 232 g/mol. The van der Waals surface area contributed by atoms with Crippen LogP contribution in [0.3, 0.4) is 0 Å². The second-order valence-electron chi connectivity index (χ2n) is 4.36. The molecule has 17 heavy (non-hydrogen) atoms. The number of fused-ring (bicyclic) bond motifs is 1. The van der Waals surface area contributed by atoms with Crippen molar-refractivity contribution >= 4 is 12.0 Å². The Morgan fingerprint density at radius 2 is 2.29 bits per heavy atom. The number of hydrogen-bond donors (Lipinski definition) is 1. The van der Waals surface area contributed by atoms with Crippen LogP contribution in [0.5, 0.6) is 0 Å². The van der Waals surface area contributed by atoms with Crippen LogP contribution in [0.15, 0.2) is 24.3 Å². The van der Waals surface area contributed by atoms with Crippen LogP contribution in [0.2, 0.25) is 0 Å². The maximum absolute atomic E-state index is 10.9. The molecule has 2 unspecified atom stereocenters. The maximum Gasteiger partial charge on any atom is 0.310 e. The predicted molar refractivity (Wildman–Crippen MR) is 66.0 cm³/mol. The molecule has 0 heterocycles. The lowest BCUT2D eigenvalue weighted by Gasteiger charge is -2.19. The molecule has 0 spiro atoms. The Morgan fingerprint density at radius 1 is 1.53 bits per heavy atom. The Hall–Kier alpha value is -1.61. The van der Waals surface area contributed by atoms with Crippen LogP contribution in [0, 0.1) is 0 Å². The quantitative estimate of drug-likeness (QED) is 0.870. The van der Waals surface area contributed by atoms with E-state index in [0.717, 1.165) is 17.5 Å². The summed E-state index contributed by atoms with van der Waals surface area (Å²) < 4.78 is 5.28. The van der Waals surface area contributed by atoms with Crippen molar-refractivity contribution in [2.24, 2.45) is 0 Å². The average Bonchev–Trinajstić information content (AvgIpc) is 2.36. The van der Waals surface area contributed by atoms with Gasteiger partial charge in [-0.15, -0.1) is 0 Å². The van der Waals surface area contributed by atoms with Crippen molar-refractivity contribution in [3.05, 3.63) is 41.0 Å². The van der Waals surface area contributed by atoms with Crippen molar-refractivity contribution in [2.45, 2.75) is 25.4 Å². The molecule has 1 aliphatic rings. The zero-order valence-electron chi connectivity index (χ0n) is 10.0. The summed E-state index contributed by atoms with van der Waals surface area (Å²) in [6.45, 7) is 1.70. The van der Waals surface area contributed by atoms with Gasteiger partial charge in [-0.05, 0) is 23.6 Å². The Bertz CT molecular complexity index is 463. The third kappa shape index (κ3) is 2.39. The van der Waals surface area contributed by atoms with Crippen LogP contribution in [0.1, 0.15) is 29.5 Å². The molecule has 3 nitrogen and oxygen atoms in total. The topological polar surface area (TPSA) is 46.5 Å². The summed E-state index contributed by atoms with van der Waals surface area (Å²) in [4.78, 5) is 10.9. The van der Waals surface area contributed by atoms with Gasteiger partial charge in [0.2, 0.25) is 0 Å². The Morgan fingerprint density at radius 3 is 2.94 bits per heavy atom. The van der Waals surface area contributed by atoms with E-state index >= 15 is 0 Å². The number of benzene rings is 1. The van der Waals surface area contributed by atoms with Crippen molar-refractivity contribution in [3.8, 4) is 0 Å². The van der Waals surface area contributed by atoms with Crippen molar-refractivity contribution in [1.82, 2.24) is 0 Å². The van der Waals surface area contributed by atoms with Gasteiger partial charge in [0.15, 0.2) is 0 Å². The molecule has 3 heteroatoms. The smallest absolute Gasteiger partial charge is 0.310 e. The predicted octanol–water partition coefficient (Wildman–Crippen LogP) is 2.46. The Labute approximate surface area is 101 Å². The second-order valence-corrected chi connectivity index (χ2v) is 4.36. The van der Waals surface area contributed by atoms with E-state index in [9.17, 15) is 4.79 Å². The summed E-state index contributed by atoms with van der Waals surface area (Å²) in [5.41, 5.74) is 3.15. The molecule has 0 saturated carbocycles. The molecule has 2 atom stereocenters. The van der Waals surface area contributed by atoms with Gasteiger partial charge in [0.1, 0.15) is 0 Å². The molecule has 1 N–H and O–H groups in total. The van der Waals surface area contributed by atoms with E-state index in [-0.39, 0.29) is 6.10 Å². The number of carbonyl (C=O) groups is 1. The lowest BCUT2D eigenvalue weighted by molar-refractivity contribution is -0.138. The SMILES string of the molecule is COC1C=Cc2cc(C(C)C(=O)O)ccc2C1. The molecular formula is C14H16O3. The van der Waals surface area contributed by atoms with Crippen molar-refractivity contribution in [1.29, 1.82) is 0 Å². The summed E-state index contributed by atoms with van der Waals surface area (Å²) in [6, 6.07) is 5.85. The molecule has 0 fully saturated rings. The number of carboxylic acids is 1. The van der Waals surface area contributed by atoms with E-state index in [2.05, 4.69) is 0 Å². The molecule has 2 rings (SSSR count). The number of methoxy groups -OCH3 is 1. The molecule has 0 radical (unpaired) electrons. The van der Waals surface area contributed by atoms with Crippen molar-refractivity contribution < 1.29 is 14.6 Å². The van der Waals surface area contributed by atoms with Gasteiger partial charge in [0.05, 0.1) is 12.0 Å². The summed E-state index contributed by atoms with van der Waals surface area (Å²) in [5.74, 6) is -1.26. The molecule has 0 saturated heterocycles. The first kappa shape index (κ1) is 11.9. The maximum atomic E-state index is 10.9. The lowest BCUT2D eigenvalue weighted by Crippen LogP contribution is -2.15. The summed E-state index contributed by atoms with van der Waals surface area (Å²) in [6.07, 6.45) is 5.00. The average molecular weight is 232 g/mol. The first-order valence-electron chi connectivity index (χ1n) is 5.68. The van der Waals surface area contributed by atoms with Crippen LogP contribution in [0.4, 0.5) is 0 Å². The fourth-order valence-corrected chi connectivity index (χ4v) is 2.02. The van der Waals surface area contributed by atoms with Crippen LogP contribution in [-0.2, 0) is 16.0 Å². The van der Waals surface area contributed by atoms with Gasteiger partial charge in [-0.25, -0.2) is 0 Å². The molecule has 0 amide bonds. The number of aliphatic carboxylic acids is 1. The van der Waals surface area contributed by atoms with Gasteiger partial charge < -0.3 is 9.84 Å². The largest absolute Gasteiger partial charge is 0.481 e. The highest BCUT2D eigenvalue weighted by atomic mass is 16.5. The Balaban J connectivity index is 2.30. The molecule has 1 aromatic rings. The fourth-order valence-electron chi connectivity index (χ4n) is 2.02. The molecule has 1 aromatic carbocycles. The summed E-state index contributed by atoms with van der Waals surface area (Å²) in [5, 5.41) is 8.98. The van der Waals surface area contributed by atoms with E-state index in [0.29, 0.717) is 0 Å². The highest BCUT2D eigenvalue weighted by Crippen LogP contribution is 2.25. The first-order chi connectivity index (χ1) is 8.11. The van der Waals surface area contributed by atoms with Crippen LogP contribution in [-0.4, -0.2) is 24.3 Å². The van der Waals surface area contributed by atoms with E-state index in [1.165, 1.54) is 5.56 Å². The lowest BCUT2D eigenvalue weighted by atomic mass is 9.90. The van der Waals surface area contributed by atoms with E-state index in [1.54, 1.807) is 14.0 Å². The highest BCUT2D eigenvalue weighted by molar-refractivity contribution is 5.76. The zero-order chi connectivity index (χ0) is 12.4. The fraction of sp³-hybridized carbons (Fsp3) is 0.357. The third-order valence-electron chi connectivity index (χ3n) is 3.25. The van der Waals surface area contributed by atoms with Crippen LogP contribution < -0.4 is 0 Å². The van der Waals surface area contributed by atoms with Gasteiger partial charge >= 0.3 is 5.97 Å². The molecule has 0 bridgehead atoms.